The first-order valence-electron chi connectivity index (χ1n) is 7.26. The molecule has 1 aliphatic rings. The van der Waals surface area contributed by atoms with E-state index in [4.69, 9.17) is 5.32 Å². The van der Waals surface area contributed by atoms with E-state index in [1.807, 2.05) is 0 Å². The Bertz CT molecular complexity index is 1110. The van der Waals surface area contributed by atoms with Crippen LogP contribution in [0.2, 0.25) is 0 Å². The van der Waals surface area contributed by atoms with E-state index in [1.165, 1.54) is 43.1 Å². The number of rotatable bonds is 0. The van der Waals surface area contributed by atoms with Crippen molar-refractivity contribution in [3.63, 3.8) is 0 Å². The van der Waals surface area contributed by atoms with Gasteiger partial charge in [0.15, 0.2) is 0 Å². The van der Waals surface area contributed by atoms with Gasteiger partial charge in [-0.05, 0) is 44.5 Å². The van der Waals surface area contributed by atoms with Crippen molar-refractivity contribution in [2.24, 2.45) is 0 Å². The van der Waals surface area contributed by atoms with E-state index in [2.05, 4.69) is 60.7 Å². The summed E-state index contributed by atoms with van der Waals surface area (Å²) < 4.78 is 0. The van der Waals surface area contributed by atoms with Gasteiger partial charge in [-0.3, -0.25) is 0 Å². The average molecular weight is 264 g/mol. The summed E-state index contributed by atoms with van der Waals surface area (Å²) in [6.45, 7) is 0. The largest absolute Gasteiger partial charge is 0.248 e. The Morgan fingerprint density at radius 2 is 1.00 bits per heavy atom. The molecule has 0 atom stereocenters. The fourth-order valence-electron chi connectivity index (χ4n) is 4.01. The van der Waals surface area contributed by atoms with Crippen molar-refractivity contribution in [1.82, 2.24) is 5.32 Å². The standard InChI is InChI=1S/C20H10N/c1-3-11-7-9-15-19-17(11)13(5-1)14-6-2-4-12-8-10-16(21-15)20(19)18(12)14/h1-10H. The number of benzene rings is 5. The molecule has 0 bridgehead atoms. The van der Waals surface area contributed by atoms with E-state index < -0.39 is 0 Å². The van der Waals surface area contributed by atoms with Gasteiger partial charge in [-0.15, -0.1) is 0 Å². The van der Waals surface area contributed by atoms with Crippen molar-refractivity contribution in [3.05, 3.63) is 60.7 Å². The second kappa shape index (κ2) is 3.09. The summed E-state index contributed by atoms with van der Waals surface area (Å²) in [4.78, 5) is 0. The van der Waals surface area contributed by atoms with Crippen molar-refractivity contribution in [2.45, 2.75) is 0 Å². The molecule has 0 saturated carbocycles. The lowest BCUT2D eigenvalue weighted by molar-refractivity contribution is 1.25. The van der Waals surface area contributed by atoms with Crippen molar-refractivity contribution in [3.8, 4) is 0 Å². The highest BCUT2D eigenvalue weighted by Gasteiger charge is 2.23. The zero-order valence-corrected chi connectivity index (χ0v) is 11.2. The number of fused-ring (bicyclic) bond motifs is 1. The predicted molar refractivity (Wildman–Crippen MR) is 89.1 cm³/mol. The first kappa shape index (κ1) is 10.0. The topological polar surface area (TPSA) is 14.1 Å². The van der Waals surface area contributed by atoms with E-state index in [0.717, 1.165) is 11.4 Å². The highest BCUT2D eigenvalue weighted by atomic mass is 14.9. The summed E-state index contributed by atoms with van der Waals surface area (Å²) in [5.74, 6) is 0. The van der Waals surface area contributed by atoms with E-state index in [0.29, 0.717) is 0 Å². The Morgan fingerprint density at radius 1 is 0.476 bits per heavy atom. The lowest BCUT2D eigenvalue weighted by Crippen LogP contribution is -1.84. The molecule has 1 heteroatoms. The summed E-state index contributed by atoms with van der Waals surface area (Å²) in [5, 5.41) is 15.5. The molecule has 1 heterocycles. The van der Waals surface area contributed by atoms with Crippen LogP contribution in [0.1, 0.15) is 0 Å². The molecule has 0 spiro atoms. The molecule has 1 radical (unpaired) electrons. The Hall–Kier alpha value is -2.80. The molecule has 0 N–H and O–H groups in total. The van der Waals surface area contributed by atoms with Crippen LogP contribution in [-0.4, -0.2) is 0 Å². The zero-order chi connectivity index (χ0) is 13.6. The second-order valence-corrected chi connectivity index (χ2v) is 5.84. The average Bonchev–Trinajstić information content (AvgIpc) is 2.93. The summed E-state index contributed by atoms with van der Waals surface area (Å²) in [5.41, 5.74) is 2.24. The van der Waals surface area contributed by atoms with Crippen molar-refractivity contribution in [1.29, 1.82) is 0 Å². The highest BCUT2D eigenvalue weighted by molar-refractivity contribution is 6.38. The van der Waals surface area contributed by atoms with Gasteiger partial charge in [0, 0.05) is 10.8 Å². The molecule has 95 valence electrons. The van der Waals surface area contributed by atoms with E-state index >= 15 is 0 Å². The fourth-order valence-corrected chi connectivity index (χ4v) is 4.01. The second-order valence-electron chi connectivity index (χ2n) is 5.84. The lowest BCUT2D eigenvalue weighted by atomic mass is 9.90. The first-order valence-corrected chi connectivity index (χ1v) is 7.26. The summed E-state index contributed by atoms with van der Waals surface area (Å²) >= 11 is 0. The Balaban J connectivity index is 2.18. The maximum Gasteiger partial charge on any atom is 0.0723 e. The zero-order valence-electron chi connectivity index (χ0n) is 11.2. The van der Waals surface area contributed by atoms with Crippen molar-refractivity contribution < 1.29 is 0 Å². The number of nitrogens with zero attached hydrogens (tertiary/aromatic N) is 1. The highest BCUT2D eigenvalue weighted by Crippen LogP contribution is 2.50. The van der Waals surface area contributed by atoms with Gasteiger partial charge in [-0.1, -0.05) is 48.5 Å². The van der Waals surface area contributed by atoms with Gasteiger partial charge < -0.3 is 0 Å². The Kier molecular flexibility index (Phi) is 1.47. The molecular formula is C20H10N. The third kappa shape index (κ3) is 0.995. The van der Waals surface area contributed by atoms with Gasteiger partial charge in [-0.2, -0.15) is 0 Å². The van der Waals surface area contributed by atoms with Gasteiger partial charge in [0.2, 0.25) is 0 Å². The van der Waals surface area contributed by atoms with Gasteiger partial charge in [0.1, 0.15) is 0 Å². The van der Waals surface area contributed by atoms with E-state index in [1.54, 1.807) is 0 Å². The fraction of sp³-hybridized carbons (Fsp3) is 0. The molecule has 6 rings (SSSR count). The number of hydrogen-bond donors (Lipinski definition) is 0. The molecule has 5 aromatic carbocycles. The minimum Gasteiger partial charge on any atom is -0.248 e. The monoisotopic (exact) mass is 264 g/mol. The van der Waals surface area contributed by atoms with Crippen LogP contribution in [0.3, 0.4) is 0 Å². The van der Waals surface area contributed by atoms with Crippen molar-refractivity contribution >= 4 is 54.5 Å². The van der Waals surface area contributed by atoms with Crippen LogP contribution in [0.5, 0.6) is 0 Å². The quantitative estimate of drug-likeness (QED) is 0.250. The Morgan fingerprint density at radius 3 is 1.52 bits per heavy atom. The van der Waals surface area contributed by atoms with E-state index in [9.17, 15) is 0 Å². The third-order valence-corrected chi connectivity index (χ3v) is 4.83. The normalized spacial score (nSPS) is 13.1. The van der Waals surface area contributed by atoms with E-state index in [-0.39, 0.29) is 0 Å². The summed E-state index contributed by atoms with van der Waals surface area (Å²) in [6.07, 6.45) is 0. The third-order valence-electron chi connectivity index (χ3n) is 4.83. The van der Waals surface area contributed by atoms with Crippen LogP contribution >= 0.6 is 0 Å². The molecule has 5 aromatic rings. The van der Waals surface area contributed by atoms with Gasteiger partial charge in [-0.25, -0.2) is 5.32 Å². The minimum absolute atomic E-state index is 1.12. The van der Waals surface area contributed by atoms with Crippen molar-refractivity contribution in [2.75, 3.05) is 0 Å². The SMILES string of the molecule is c1cc2ccc3c4c5c(ccc6cccc(c(c1)c24)c65)[N]3. The molecule has 21 heavy (non-hydrogen) atoms. The summed E-state index contributed by atoms with van der Waals surface area (Å²) in [7, 11) is 0. The van der Waals surface area contributed by atoms with Gasteiger partial charge >= 0.3 is 0 Å². The first-order chi connectivity index (χ1) is 10.4. The molecule has 0 aromatic heterocycles. The van der Waals surface area contributed by atoms with Gasteiger partial charge in [0.05, 0.1) is 11.4 Å². The lowest BCUT2D eigenvalue weighted by Gasteiger charge is -2.12. The van der Waals surface area contributed by atoms with Crippen LogP contribution < -0.4 is 5.32 Å². The van der Waals surface area contributed by atoms with Crippen LogP contribution in [-0.2, 0) is 0 Å². The van der Waals surface area contributed by atoms with Crippen LogP contribution in [0.15, 0.2) is 60.7 Å². The summed E-state index contributed by atoms with van der Waals surface area (Å²) in [6, 6.07) is 21.9. The molecule has 1 nitrogen and oxygen atoms in total. The molecule has 0 saturated heterocycles. The molecular weight excluding hydrogens is 254 g/mol. The minimum atomic E-state index is 1.12. The smallest absolute Gasteiger partial charge is 0.0723 e. The molecule has 0 fully saturated rings. The molecule has 0 amide bonds. The van der Waals surface area contributed by atoms with Crippen LogP contribution in [0.4, 0.5) is 11.4 Å². The molecule has 1 aliphatic heterocycles. The Labute approximate surface area is 121 Å². The molecule has 0 aliphatic carbocycles. The van der Waals surface area contributed by atoms with Crippen LogP contribution in [0, 0.1) is 0 Å². The maximum atomic E-state index is 4.84. The maximum absolute atomic E-state index is 4.84. The predicted octanol–water partition coefficient (Wildman–Crippen LogP) is 5.62. The van der Waals surface area contributed by atoms with Gasteiger partial charge in [0.25, 0.3) is 0 Å². The molecule has 0 unspecified atom stereocenters. The number of hydrogen-bond acceptors (Lipinski definition) is 0. The van der Waals surface area contributed by atoms with Crippen LogP contribution in [0.25, 0.3) is 43.1 Å².